The Morgan fingerprint density at radius 3 is 2.38 bits per heavy atom. The lowest BCUT2D eigenvalue weighted by Crippen LogP contribution is -2.15. The number of hydrogen-bond acceptors (Lipinski definition) is 2. The van der Waals surface area contributed by atoms with E-state index in [0.717, 1.165) is 13.0 Å². The maximum Gasteiger partial charge on any atom is 0.127 e. The smallest absolute Gasteiger partial charge is 0.127 e. The van der Waals surface area contributed by atoms with Crippen LogP contribution in [0.1, 0.15) is 69.4 Å². The summed E-state index contributed by atoms with van der Waals surface area (Å²) >= 11 is 0. The van der Waals surface area contributed by atoms with Crippen molar-refractivity contribution >= 4 is 0 Å². The molecule has 0 spiro atoms. The van der Waals surface area contributed by atoms with Gasteiger partial charge in [0.25, 0.3) is 0 Å². The first-order valence-electron chi connectivity index (χ1n) is 8.17. The summed E-state index contributed by atoms with van der Waals surface area (Å²) < 4.78 is 13.5. The van der Waals surface area contributed by atoms with E-state index < -0.39 is 0 Å². The van der Waals surface area contributed by atoms with E-state index in [-0.39, 0.29) is 5.82 Å². The van der Waals surface area contributed by atoms with Gasteiger partial charge in [-0.15, -0.1) is 0 Å². The van der Waals surface area contributed by atoms with Crippen LogP contribution in [0.25, 0.3) is 0 Å². The molecule has 0 atom stereocenters. The lowest BCUT2D eigenvalue weighted by molar-refractivity contribution is 0.546. The van der Waals surface area contributed by atoms with Crippen molar-refractivity contribution in [2.75, 3.05) is 6.54 Å². The summed E-state index contributed by atoms with van der Waals surface area (Å²) in [5.74, 6) is -0.238. The van der Waals surface area contributed by atoms with Gasteiger partial charge in [-0.3, -0.25) is 0 Å². The van der Waals surface area contributed by atoms with E-state index in [1.807, 2.05) is 6.07 Å². The van der Waals surface area contributed by atoms with Crippen LogP contribution < -0.4 is 5.32 Å². The molecule has 0 aliphatic rings. The fourth-order valence-corrected chi connectivity index (χ4v) is 2.39. The molecule has 0 aliphatic heterocycles. The molecule has 1 rings (SSSR count). The van der Waals surface area contributed by atoms with Crippen LogP contribution in [0.4, 0.5) is 4.39 Å². The van der Waals surface area contributed by atoms with Crippen LogP contribution in [0.3, 0.4) is 0 Å². The van der Waals surface area contributed by atoms with Crippen LogP contribution in [0.2, 0.25) is 0 Å². The third kappa shape index (κ3) is 7.82. The Labute approximate surface area is 128 Å². The summed E-state index contributed by atoms with van der Waals surface area (Å²) in [6.45, 7) is 3.64. The number of halogens is 1. The van der Waals surface area contributed by atoms with Crippen molar-refractivity contribution in [1.29, 1.82) is 5.26 Å². The molecule has 0 heterocycles. The molecule has 3 heteroatoms. The molecule has 2 nitrogen and oxygen atoms in total. The normalized spacial score (nSPS) is 10.5. The van der Waals surface area contributed by atoms with Crippen LogP contribution in [0.15, 0.2) is 18.2 Å². The molecule has 0 bridgehead atoms. The molecule has 0 fully saturated rings. The van der Waals surface area contributed by atoms with Crippen LogP contribution in [0, 0.1) is 17.1 Å². The van der Waals surface area contributed by atoms with Gasteiger partial charge in [-0.1, -0.05) is 51.9 Å². The molecule has 0 amide bonds. The zero-order chi connectivity index (χ0) is 15.3. The van der Waals surface area contributed by atoms with Gasteiger partial charge in [0.1, 0.15) is 5.82 Å². The monoisotopic (exact) mass is 290 g/mol. The molecule has 1 aromatic carbocycles. The van der Waals surface area contributed by atoms with Crippen molar-refractivity contribution in [3.8, 4) is 6.07 Å². The predicted molar refractivity (Wildman–Crippen MR) is 85.4 cm³/mol. The number of hydrogen-bond donors (Lipinski definition) is 1. The standard InChI is InChI=1S/C18H27FN2/c1-2-3-4-5-6-7-8-9-12-21-15-17-13-16(14-20)10-11-18(17)19/h10-11,13,21H,2-9,12,15H2,1H3. The highest BCUT2D eigenvalue weighted by atomic mass is 19.1. The molecule has 0 radical (unpaired) electrons. The van der Waals surface area contributed by atoms with Gasteiger partial charge in [0.15, 0.2) is 0 Å². The second-order valence-electron chi connectivity index (χ2n) is 5.57. The molecule has 0 saturated heterocycles. The van der Waals surface area contributed by atoms with E-state index in [1.165, 1.54) is 57.1 Å². The third-order valence-electron chi connectivity index (χ3n) is 3.70. The second kappa shape index (κ2) is 11.3. The predicted octanol–water partition coefficient (Wildman–Crippen LogP) is 4.93. The van der Waals surface area contributed by atoms with Crippen LogP contribution in [-0.2, 0) is 6.54 Å². The lowest BCUT2D eigenvalue weighted by Gasteiger charge is -2.06. The van der Waals surface area contributed by atoms with Crippen molar-refractivity contribution in [2.45, 2.75) is 64.8 Å². The van der Waals surface area contributed by atoms with Crippen molar-refractivity contribution in [3.05, 3.63) is 35.1 Å². The SMILES string of the molecule is CCCCCCCCCCNCc1cc(C#N)ccc1F. The topological polar surface area (TPSA) is 35.8 Å². The zero-order valence-corrected chi connectivity index (χ0v) is 13.1. The molecule has 0 aromatic heterocycles. The van der Waals surface area contributed by atoms with E-state index in [1.54, 1.807) is 6.07 Å². The zero-order valence-electron chi connectivity index (χ0n) is 13.1. The van der Waals surface area contributed by atoms with Gasteiger partial charge in [-0.25, -0.2) is 4.39 Å². The highest BCUT2D eigenvalue weighted by Crippen LogP contribution is 2.10. The summed E-state index contributed by atoms with van der Waals surface area (Å²) in [7, 11) is 0. The lowest BCUT2D eigenvalue weighted by atomic mass is 10.1. The maximum absolute atomic E-state index is 13.5. The number of unbranched alkanes of at least 4 members (excludes halogenated alkanes) is 7. The quantitative estimate of drug-likeness (QED) is 0.587. The molecule has 1 N–H and O–H groups in total. The number of nitriles is 1. The molecule has 0 saturated carbocycles. The van der Waals surface area contributed by atoms with Crippen molar-refractivity contribution < 1.29 is 4.39 Å². The Morgan fingerprint density at radius 1 is 1.05 bits per heavy atom. The summed E-state index contributed by atoms with van der Waals surface area (Å²) in [6, 6.07) is 6.54. The molecule has 21 heavy (non-hydrogen) atoms. The summed E-state index contributed by atoms with van der Waals surface area (Å²) in [5.41, 5.74) is 1.09. The first-order valence-corrected chi connectivity index (χ1v) is 8.17. The Morgan fingerprint density at radius 2 is 1.71 bits per heavy atom. The van der Waals surface area contributed by atoms with Crippen LogP contribution in [0.5, 0.6) is 0 Å². The van der Waals surface area contributed by atoms with Gasteiger partial charge < -0.3 is 5.32 Å². The number of benzene rings is 1. The van der Waals surface area contributed by atoms with Gasteiger partial charge >= 0.3 is 0 Å². The highest BCUT2D eigenvalue weighted by Gasteiger charge is 2.02. The summed E-state index contributed by atoms with van der Waals surface area (Å²) in [4.78, 5) is 0. The Kier molecular flexibility index (Phi) is 9.48. The average Bonchev–Trinajstić information content (AvgIpc) is 2.51. The fourth-order valence-electron chi connectivity index (χ4n) is 2.39. The summed E-state index contributed by atoms with van der Waals surface area (Å²) in [6.07, 6.45) is 10.4. The van der Waals surface area contributed by atoms with Crippen LogP contribution in [-0.4, -0.2) is 6.54 Å². The first kappa shape index (κ1) is 17.7. The van der Waals surface area contributed by atoms with Crippen molar-refractivity contribution in [3.63, 3.8) is 0 Å². The van der Waals surface area contributed by atoms with E-state index >= 15 is 0 Å². The van der Waals surface area contributed by atoms with Crippen molar-refractivity contribution in [1.82, 2.24) is 5.32 Å². The van der Waals surface area contributed by atoms with Crippen molar-refractivity contribution in [2.24, 2.45) is 0 Å². The third-order valence-corrected chi connectivity index (χ3v) is 3.70. The Bertz CT molecular complexity index is 437. The van der Waals surface area contributed by atoms with E-state index in [4.69, 9.17) is 5.26 Å². The minimum absolute atomic E-state index is 0.238. The molecular weight excluding hydrogens is 263 g/mol. The average molecular weight is 290 g/mol. The highest BCUT2D eigenvalue weighted by molar-refractivity contribution is 5.33. The minimum Gasteiger partial charge on any atom is -0.313 e. The van der Waals surface area contributed by atoms with Gasteiger partial charge in [0.05, 0.1) is 11.6 Å². The second-order valence-corrected chi connectivity index (χ2v) is 5.57. The van der Waals surface area contributed by atoms with Gasteiger partial charge in [-0.05, 0) is 31.2 Å². The minimum atomic E-state index is -0.238. The molecular formula is C18H27FN2. The Balaban J connectivity index is 2.05. The molecule has 0 unspecified atom stereocenters. The summed E-state index contributed by atoms with van der Waals surface area (Å²) in [5, 5.41) is 12.1. The van der Waals surface area contributed by atoms with E-state index in [0.29, 0.717) is 17.7 Å². The Hall–Kier alpha value is -1.40. The number of nitrogens with zero attached hydrogens (tertiary/aromatic N) is 1. The number of rotatable bonds is 11. The van der Waals surface area contributed by atoms with E-state index in [2.05, 4.69) is 12.2 Å². The van der Waals surface area contributed by atoms with E-state index in [9.17, 15) is 4.39 Å². The van der Waals surface area contributed by atoms with Gasteiger partial charge in [0, 0.05) is 12.1 Å². The molecule has 1 aromatic rings. The maximum atomic E-state index is 13.5. The molecule has 116 valence electrons. The number of nitrogens with one attached hydrogen (secondary N) is 1. The van der Waals surface area contributed by atoms with Gasteiger partial charge in [0.2, 0.25) is 0 Å². The first-order chi connectivity index (χ1) is 10.3. The van der Waals surface area contributed by atoms with Crippen LogP contribution >= 0.6 is 0 Å². The van der Waals surface area contributed by atoms with Gasteiger partial charge in [-0.2, -0.15) is 5.26 Å². The largest absolute Gasteiger partial charge is 0.313 e. The molecule has 0 aliphatic carbocycles. The fraction of sp³-hybridized carbons (Fsp3) is 0.611.